The molecule has 3 unspecified atom stereocenters. The number of hydrogen-bond acceptors (Lipinski definition) is 14. The lowest BCUT2D eigenvalue weighted by Crippen LogP contribution is -2.43. The van der Waals surface area contributed by atoms with Crippen molar-refractivity contribution in [3.8, 4) is 11.5 Å². The number of benzene rings is 3. The lowest BCUT2D eigenvalue weighted by atomic mass is 10.0. The van der Waals surface area contributed by atoms with Crippen molar-refractivity contribution in [3.05, 3.63) is 117 Å². The predicted octanol–water partition coefficient (Wildman–Crippen LogP) is 8.98. The lowest BCUT2D eigenvalue weighted by Gasteiger charge is -2.31. The summed E-state index contributed by atoms with van der Waals surface area (Å²) in [6.07, 6.45) is 4.03. The van der Waals surface area contributed by atoms with Crippen molar-refractivity contribution in [2.24, 2.45) is 0 Å². The van der Waals surface area contributed by atoms with Gasteiger partial charge in [-0.25, -0.2) is 9.59 Å². The number of amides is 2. The lowest BCUT2D eigenvalue weighted by molar-refractivity contribution is -0.385. The van der Waals surface area contributed by atoms with Crippen LogP contribution in [0.3, 0.4) is 0 Å². The Kier molecular flexibility index (Phi) is 36.3. The molecule has 0 bridgehead atoms. The number of anilines is 1. The Morgan fingerprint density at radius 1 is 1.00 bits per heavy atom. The second-order valence-electron chi connectivity index (χ2n) is 15.6. The van der Waals surface area contributed by atoms with E-state index in [-0.39, 0.29) is 46.9 Å². The first kappa shape index (κ1) is 73.1. The Bertz CT molecular complexity index is 2410. The largest absolute Gasteiger partial charge is 0.778 e. The first-order valence-corrected chi connectivity index (χ1v) is 28.2. The van der Waals surface area contributed by atoms with Gasteiger partial charge in [-0.15, -0.1) is 24.8 Å². The summed E-state index contributed by atoms with van der Waals surface area (Å²) < 4.78 is 68.3. The minimum atomic E-state index is -4.61. The third kappa shape index (κ3) is 29.5. The molecule has 0 aliphatic heterocycles. The molecule has 3 N–H and O–H groups in total. The van der Waals surface area contributed by atoms with Gasteiger partial charge in [0.15, 0.2) is 10.9 Å². The quantitative estimate of drug-likeness (QED) is 0.0161. The number of carbonyl (C=O) groups excluding carboxylic acids is 4. The van der Waals surface area contributed by atoms with E-state index in [1.165, 1.54) is 11.8 Å². The Hall–Kier alpha value is -4.94. The second kappa shape index (κ2) is 37.8. The summed E-state index contributed by atoms with van der Waals surface area (Å²) in [6.45, 7) is 16.8. The Balaban J connectivity index is 0. The fraction of sp³-hybridized carbons (Fsp3) is 0.438. The van der Waals surface area contributed by atoms with E-state index in [4.69, 9.17) is 75.4 Å². The predicted molar refractivity (Wildman–Crippen MR) is 289 cm³/mol. The van der Waals surface area contributed by atoms with E-state index in [9.17, 15) is 56.7 Å². The number of halogens is 7. The molecule has 19 nitrogen and oxygen atoms in total. The van der Waals surface area contributed by atoms with Crippen LogP contribution in [0.5, 0.6) is 11.5 Å². The van der Waals surface area contributed by atoms with E-state index >= 15 is 0 Å². The van der Waals surface area contributed by atoms with Crippen LogP contribution in [0.15, 0.2) is 79.9 Å². The first-order valence-electron chi connectivity index (χ1n) is 22.2. The summed E-state index contributed by atoms with van der Waals surface area (Å²) in [4.78, 5) is 87.8. The molecule has 28 heteroatoms. The number of nitrogens with one attached hydrogen (secondary N) is 1. The molecule has 0 saturated heterocycles. The number of carboxylic acid groups (broad SMARTS) is 1. The van der Waals surface area contributed by atoms with Gasteiger partial charge in [-0.05, 0) is 80.4 Å². The maximum Gasteiger partial charge on any atom is 0.416 e. The molecule has 0 aliphatic carbocycles. The molecular formula is C48H64Cl4F3N4O15PS. The zero-order valence-electron chi connectivity index (χ0n) is 43.2. The van der Waals surface area contributed by atoms with E-state index in [1.807, 2.05) is 31.3 Å². The van der Waals surface area contributed by atoms with Crippen LogP contribution in [-0.4, -0.2) is 137 Å². The number of alkyl halides is 6. The van der Waals surface area contributed by atoms with Crippen LogP contribution in [0, 0.1) is 17.0 Å². The highest BCUT2D eigenvalue weighted by Crippen LogP contribution is 2.37. The number of rotatable bonds is 22. The molecule has 0 aliphatic rings. The number of nitrogens with zero attached hydrogens (tertiary/aromatic N) is 3. The summed E-state index contributed by atoms with van der Waals surface area (Å²) >= 11 is 22.4. The molecule has 2 amide bonds. The number of aliphatic carboxylic acids is 1. The number of ether oxygens (including phenoxy) is 4. The fourth-order valence-corrected chi connectivity index (χ4v) is 6.67. The second-order valence-corrected chi connectivity index (χ2v) is 21.4. The van der Waals surface area contributed by atoms with Crippen LogP contribution >= 0.6 is 54.0 Å². The molecule has 0 radical (unpaired) electrons. The van der Waals surface area contributed by atoms with E-state index in [0.717, 1.165) is 53.6 Å². The summed E-state index contributed by atoms with van der Waals surface area (Å²) in [5.74, 6) is -3.96. The van der Waals surface area contributed by atoms with Crippen LogP contribution < -0.4 is 19.8 Å². The normalized spacial score (nSPS) is 12.1. The zero-order chi connectivity index (χ0) is 59.1. The number of carbonyl (C=O) groups is 5. The van der Waals surface area contributed by atoms with Crippen molar-refractivity contribution in [1.82, 2.24) is 10.2 Å². The number of esters is 2. The van der Waals surface area contributed by atoms with Crippen LogP contribution in [0.2, 0.25) is 5.02 Å². The third-order valence-corrected chi connectivity index (χ3v) is 10.3. The first-order chi connectivity index (χ1) is 35.3. The van der Waals surface area contributed by atoms with E-state index in [2.05, 4.69) is 44.9 Å². The number of aryl methyl sites for hydroxylation is 2. The molecule has 426 valence electrons. The Morgan fingerprint density at radius 2 is 1.58 bits per heavy atom. The van der Waals surface area contributed by atoms with Crippen LogP contribution in [0.1, 0.15) is 54.7 Å². The van der Waals surface area contributed by atoms with Crippen molar-refractivity contribution >= 4 is 106 Å². The summed E-state index contributed by atoms with van der Waals surface area (Å²) in [5.41, 5.74) is 1.04. The van der Waals surface area contributed by atoms with Gasteiger partial charge in [0.05, 0.1) is 72.1 Å². The molecule has 3 atom stereocenters. The third-order valence-electron chi connectivity index (χ3n) is 8.73. The Labute approximate surface area is 463 Å². The summed E-state index contributed by atoms with van der Waals surface area (Å²) in [5, 5.41) is 20.8. The highest BCUT2D eigenvalue weighted by molar-refractivity contribution is 7.94. The minimum absolute atomic E-state index is 0.0223. The zero-order valence-corrected chi connectivity index (χ0v) is 47.9. The molecule has 3 rings (SSSR count). The van der Waals surface area contributed by atoms with Crippen molar-refractivity contribution < 1.29 is 80.5 Å². The number of carboxylic acids is 1. The van der Waals surface area contributed by atoms with Gasteiger partial charge in [-0.1, -0.05) is 72.1 Å². The minimum Gasteiger partial charge on any atom is -0.778 e. The topological polar surface area (TPSA) is 265 Å². The molecule has 3 aromatic rings. The summed E-state index contributed by atoms with van der Waals surface area (Å²) in [7, 11) is -2.07. The van der Waals surface area contributed by atoms with Gasteiger partial charge in [-0.2, -0.15) is 13.2 Å². The average molecular weight is 1200 g/mol. The van der Waals surface area contributed by atoms with E-state index < -0.39 is 77.2 Å². The van der Waals surface area contributed by atoms with E-state index in [1.54, 1.807) is 31.1 Å². The molecule has 0 saturated carbocycles. The van der Waals surface area contributed by atoms with Crippen molar-refractivity contribution in [3.63, 3.8) is 0 Å². The van der Waals surface area contributed by atoms with Crippen LogP contribution in [0.4, 0.5) is 24.5 Å². The molecule has 0 spiro atoms. The number of hydrogen-bond donors (Lipinski definition) is 3. The highest BCUT2D eigenvalue weighted by atomic mass is 35.5. The standard InChI is InChI=1S/C19H15ClF3NO7.C15H22ClNO2.C8H11Cl2NO.C3H8NO5P.C3H9S/c1-3-29-17(25)10(2)30-18(26)13-9-12(5-6-15(13)24(27)28)31-16-7-4-11(8-14(16)20)19(21,22)23;1-5-13-8-6-7-11(2)15(13)17(14(18)9-16)12(3)10-19-4;1-3-5-11(6-4-2)8(12)7(9)10;5-3(6)1-4-2-10(7,8)9;1-4(2)3/h4-10H,3H2,1-2H3;6-8,12H,5,9-10H2,1-4H3;3-4,7H,1-2,5-6H2;4H,1-2H2,(H,5,6)(H2,7,8,9);1-3H3/q;;;;+1/p-1. The maximum absolute atomic E-state index is 12.8. The number of methoxy groups -OCH3 is 1. The summed E-state index contributed by atoms with van der Waals surface area (Å²) in [6, 6.07) is 11.4. The SMILES string of the molecule is C=CCN(CC=C)C(=O)C(Cl)Cl.CCOC(=O)C(C)OC(=O)c1cc(Oc2ccc(C(F)(F)F)cc2Cl)ccc1[N+](=O)[O-].CCc1cccc(C)c1N(C(=O)CCl)C(C)COC.C[S+](C)C.O=C(O)CNCP(=O)([O-])O. The molecule has 3 aromatic carbocycles. The van der Waals surface area contributed by atoms with Crippen LogP contribution in [0.25, 0.3) is 0 Å². The fourth-order valence-electron chi connectivity index (χ4n) is 5.65. The van der Waals surface area contributed by atoms with Gasteiger partial charge in [0.1, 0.15) is 30.5 Å². The smallest absolute Gasteiger partial charge is 0.416 e. The van der Waals surface area contributed by atoms with E-state index in [0.29, 0.717) is 36.7 Å². The number of nitro benzene ring substituents is 1. The molecule has 76 heavy (non-hydrogen) atoms. The number of para-hydroxylation sites is 1. The van der Waals surface area contributed by atoms with Gasteiger partial charge in [0, 0.05) is 32.3 Å². The van der Waals surface area contributed by atoms with Gasteiger partial charge in [-0.3, -0.25) is 29.8 Å². The highest BCUT2D eigenvalue weighted by Gasteiger charge is 2.32. The molecule has 0 aromatic heterocycles. The Morgan fingerprint density at radius 3 is 2.01 bits per heavy atom. The molecule has 0 fully saturated rings. The maximum atomic E-state index is 12.8. The van der Waals surface area contributed by atoms with Crippen molar-refractivity contribution in [2.45, 2.75) is 64.2 Å². The van der Waals surface area contributed by atoms with Crippen molar-refractivity contribution in [2.75, 3.05) is 75.8 Å². The van der Waals surface area contributed by atoms with Crippen LogP contribution in [-0.2, 0) is 61.4 Å². The van der Waals surface area contributed by atoms with Gasteiger partial charge in [0.25, 0.3) is 11.6 Å². The monoisotopic (exact) mass is 1200 g/mol. The van der Waals surface area contributed by atoms with Gasteiger partial charge >= 0.3 is 24.1 Å². The molecular weight excluding hydrogens is 1130 g/mol. The van der Waals surface area contributed by atoms with Gasteiger partial charge < -0.3 is 48.2 Å². The average Bonchev–Trinajstić information content (AvgIpc) is 3.32. The van der Waals surface area contributed by atoms with Crippen molar-refractivity contribution in [1.29, 1.82) is 0 Å². The molecule has 0 heterocycles. The number of nitro groups is 1. The van der Waals surface area contributed by atoms with Gasteiger partial charge in [0.2, 0.25) is 5.91 Å².